The lowest BCUT2D eigenvalue weighted by molar-refractivity contribution is -0.0170. The number of rotatable bonds is 5. The minimum Gasteiger partial charge on any atom is -0.368 e. The maximum Gasteiger partial charge on any atom is 0.0881 e. The molecule has 3 rings (SSSR count). The average Bonchev–Trinajstić information content (AvgIpc) is 2.43. The third-order valence-electron chi connectivity index (χ3n) is 3.64. The van der Waals surface area contributed by atoms with Gasteiger partial charge in [-0.1, -0.05) is 60.7 Å². The van der Waals surface area contributed by atoms with E-state index < -0.39 is 0 Å². The maximum atomic E-state index is 6.18. The average molecular weight is 290 g/mol. The first-order valence-electron chi connectivity index (χ1n) is 6.84. The van der Waals surface area contributed by atoms with Gasteiger partial charge in [0.15, 0.2) is 0 Å². The van der Waals surface area contributed by atoms with Gasteiger partial charge in [0.25, 0.3) is 0 Å². The van der Waals surface area contributed by atoms with Crippen molar-refractivity contribution in [3.05, 3.63) is 71.8 Å². The molecule has 0 saturated carbocycles. The molecule has 0 aliphatic carbocycles. The quantitative estimate of drug-likeness (QED) is 0.908. The van der Waals surface area contributed by atoms with Gasteiger partial charge in [-0.15, -0.1) is 12.4 Å². The van der Waals surface area contributed by atoms with Crippen molar-refractivity contribution in [2.75, 3.05) is 13.1 Å². The van der Waals surface area contributed by atoms with E-state index in [2.05, 4.69) is 59.9 Å². The Morgan fingerprint density at radius 3 is 2.10 bits per heavy atom. The zero-order valence-electron chi connectivity index (χ0n) is 11.4. The van der Waals surface area contributed by atoms with E-state index in [1.807, 2.05) is 6.07 Å². The molecule has 0 radical (unpaired) electrons. The summed E-state index contributed by atoms with van der Waals surface area (Å²) in [5.41, 5.74) is 2.51. The Morgan fingerprint density at radius 1 is 0.950 bits per heavy atom. The molecule has 106 valence electrons. The molecule has 1 unspecified atom stereocenters. The highest BCUT2D eigenvalue weighted by atomic mass is 35.5. The highest BCUT2D eigenvalue weighted by Crippen LogP contribution is 2.29. The summed E-state index contributed by atoms with van der Waals surface area (Å²) >= 11 is 0. The molecule has 20 heavy (non-hydrogen) atoms. The predicted molar refractivity (Wildman–Crippen MR) is 84.0 cm³/mol. The molecule has 2 aromatic carbocycles. The van der Waals surface area contributed by atoms with Crippen molar-refractivity contribution < 1.29 is 4.74 Å². The molecule has 0 amide bonds. The minimum atomic E-state index is 0. The fraction of sp³-hybridized carbons (Fsp3) is 0.294. The largest absolute Gasteiger partial charge is 0.368 e. The van der Waals surface area contributed by atoms with Crippen molar-refractivity contribution in [3.63, 3.8) is 0 Å². The Bertz CT molecular complexity index is 499. The van der Waals surface area contributed by atoms with E-state index in [9.17, 15) is 0 Å². The summed E-state index contributed by atoms with van der Waals surface area (Å²) < 4.78 is 6.18. The van der Waals surface area contributed by atoms with E-state index in [0.717, 1.165) is 13.1 Å². The standard InChI is InChI=1S/C17H19NO.ClH/c1-3-7-14(8-4-1)13-19-17(16-11-18-12-16)15-9-5-2-6-10-15;/h1-10,16-18H,11-13H2;1H. The van der Waals surface area contributed by atoms with E-state index >= 15 is 0 Å². The van der Waals surface area contributed by atoms with Crippen LogP contribution in [-0.2, 0) is 11.3 Å². The third kappa shape index (κ3) is 3.60. The van der Waals surface area contributed by atoms with Crippen molar-refractivity contribution in [1.82, 2.24) is 5.32 Å². The number of hydrogen-bond acceptors (Lipinski definition) is 2. The second kappa shape index (κ2) is 7.44. The maximum absolute atomic E-state index is 6.18. The van der Waals surface area contributed by atoms with Gasteiger partial charge in [0.1, 0.15) is 0 Å². The summed E-state index contributed by atoms with van der Waals surface area (Å²) in [6, 6.07) is 20.9. The van der Waals surface area contributed by atoms with Crippen LogP contribution in [0.2, 0.25) is 0 Å². The van der Waals surface area contributed by atoms with Crippen molar-refractivity contribution in [1.29, 1.82) is 0 Å². The summed E-state index contributed by atoms with van der Waals surface area (Å²) in [4.78, 5) is 0. The zero-order valence-corrected chi connectivity index (χ0v) is 12.2. The molecule has 1 heterocycles. The van der Waals surface area contributed by atoms with Gasteiger partial charge >= 0.3 is 0 Å². The van der Waals surface area contributed by atoms with Crippen LogP contribution in [0.25, 0.3) is 0 Å². The van der Waals surface area contributed by atoms with E-state index in [-0.39, 0.29) is 18.5 Å². The lowest BCUT2D eigenvalue weighted by Crippen LogP contribution is -2.45. The van der Waals surface area contributed by atoms with Crippen LogP contribution in [0.15, 0.2) is 60.7 Å². The molecule has 0 bridgehead atoms. The first-order valence-corrected chi connectivity index (χ1v) is 6.84. The smallest absolute Gasteiger partial charge is 0.0881 e. The lowest BCUT2D eigenvalue weighted by atomic mass is 9.91. The number of halogens is 1. The Labute approximate surface area is 126 Å². The molecule has 1 atom stereocenters. The van der Waals surface area contributed by atoms with Crippen LogP contribution in [0, 0.1) is 5.92 Å². The van der Waals surface area contributed by atoms with Crippen molar-refractivity contribution >= 4 is 12.4 Å². The van der Waals surface area contributed by atoms with Crippen molar-refractivity contribution in [2.24, 2.45) is 5.92 Å². The Hall–Kier alpha value is -1.35. The van der Waals surface area contributed by atoms with Gasteiger partial charge in [-0.05, 0) is 11.1 Å². The molecule has 1 fully saturated rings. The van der Waals surface area contributed by atoms with Gasteiger partial charge in [0.05, 0.1) is 12.7 Å². The Morgan fingerprint density at radius 2 is 1.55 bits per heavy atom. The second-order valence-electron chi connectivity index (χ2n) is 5.05. The predicted octanol–water partition coefficient (Wildman–Crippen LogP) is 3.59. The van der Waals surface area contributed by atoms with Crippen LogP contribution in [0.4, 0.5) is 0 Å². The topological polar surface area (TPSA) is 21.3 Å². The summed E-state index contributed by atoms with van der Waals surface area (Å²) in [7, 11) is 0. The fourth-order valence-electron chi connectivity index (χ4n) is 2.43. The molecule has 2 aromatic rings. The summed E-state index contributed by atoms with van der Waals surface area (Å²) in [5, 5.41) is 3.33. The molecule has 0 spiro atoms. The van der Waals surface area contributed by atoms with Gasteiger partial charge in [0, 0.05) is 19.0 Å². The SMILES string of the molecule is Cl.c1ccc(COC(c2ccccc2)C2CNC2)cc1. The Kier molecular flexibility index (Phi) is 5.60. The molecule has 3 heteroatoms. The van der Waals surface area contributed by atoms with Crippen LogP contribution < -0.4 is 5.32 Å². The first kappa shape index (κ1) is 15.0. The van der Waals surface area contributed by atoms with Crippen molar-refractivity contribution in [2.45, 2.75) is 12.7 Å². The third-order valence-corrected chi connectivity index (χ3v) is 3.64. The highest BCUT2D eigenvalue weighted by molar-refractivity contribution is 5.85. The zero-order chi connectivity index (χ0) is 12.9. The molecule has 2 nitrogen and oxygen atoms in total. The van der Waals surface area contributed by atoms with Gasteiger partial charge in [-0.3, -0.25) is 0 Å². The fourth-order valence-corrected chi connectivity index (χ4v) is 2.43. The summed E-state index contributed by atoms with van der Waals surface area (Å²) in [6.07, 6.45) is 0.197. The van der Waals surface area contributed by atoms with Gasteiger partial charge in [-0.25, -0.2) is 0 Å². The van der Waals surface area contributed by atoms with E-state index in [1.165, 1.54) is 11.1 Å². The van der Waals surface area contributed by atoms with E-state index in [1.54, 1.807) is 0 Å². The Balaban J connectivity index is 0.00000147. The van der Waals surface area contributed by atoms with Gasteiger partial charge in [0.2, 0.25) is 0 Å². The minimum absolute atomic E-state index is 0. The monoisotopic (exact) mass is 289 g/mol. The van der Waals surface area contributed by atoms with E-state index in [0.29, 0.717) is 12.5 Å². The molecule has 1 N–H and O–H groups in total. The second-order valence-corrected chi connectivity index (χ2v) is 5.05. The van der Waals surface area contributed by atoms with Gasteiger partial charge in [-0.2, -0.15) is 0 Å². The number of hydrogen-bond donors (Lipinski definition) is 1. The van der Waals surface area contributed by atoms with Crippen molar-refractivity contribution in [3.8, 4) is 0 Å². The van der Waals surface area contributed by atoms with Crippen LogP contribution in [0.5, 0.6) is 0 Å². The lowest BCUT2D eigenvalue weighted by Gasteiger charge is -2.35. The molecule has 1 aliphatic rings. The first-order chi connectivity index (χ1) is 9.43. The number of benzene rings is 2. The normalized spacial score (nSPS) is 16.0. The number of nitrogens with one attached hydrogen (secondary N) is 1. The van der Waals surface area contributed by atoms with Crippen LogP contribution in [0.3, 0.4) is 0 Å². The molecule has 1 saturated heterocycles. The molecule has 0 aromatic heterocycles. The van der Waals surface area contributed by atoms with Crippen LogP contribution in [0.1, 0.15) is 17.2 Å². The summed E-state index contributed by atoms with van der Waals surface area (Å²) in [5.74, 6) is 0.589. The molecule has 1 aliphatic heterocycles. The highest BCUT2D eigenvalue weighted by Gasteiger charge is 2.28. The van der Waals surface area contributed by atoms with Crippen LogP contribution >= 0.6 is 12.4 Å². The van der Waals surface area contributed by atoms with E-state index in [4.69, 9.17) is 4.74 Å². The summed E-state index contributed by atoms with van der Waals surface area (Å²) in [6.45, 7) is 2.78. The molecular weight excluding hydrogens is 270 g/mol. The number of ether oxygens (including phenoxy) is 1. The molecular formula is C17H20ClNO. The van der Waals surface area contributed by atoms with Crippen LogP contribution in [-0.4, -0.2) is 13.1 Å². The van der Waals surface area contributed by atoms with Gasteiger partial charge < -0.3 is 10.1 Å².